The zero-order chi connectivity index (χ0) is 25.4. The number of rotatable bonds is 7. The van der Waals surface area contributed by atoms with Crippen molar-refractivity contribution in [3.8, 4) is 0 Å². The normalized spacial score (nSPS) is 17.5. The molecule has 2 amide bonds. The van der Waals surface area contributed by atoms with Gasteiger partial charge in [-0.05, 0) is 62.7 Å². The second-order valence-corrected chi connectivity index (χ2v) is 10.1. The predicted octanol–water partition coefficient (Wildman–Crippen LogP) is 3.02. The van der Waals surface area contributed by atoms with Crippen LogP contribution in [0.15, 0.2) is 48.8 Å². The number of anilines is 3. The second-order valence-electron chi connectivity index (χ2n) is 10.1. The smallest absolute Gasteiger partial charge is 0.232 e. The van der Waals surface area contributed by atoms with E-state index in [1.165, 1.54) is 11.1 Å². The summed E-state index contributed by atoms with van der Waals surface area (Å²) < 4.78 is 2.09. The highest BCUT2D eigenvalue weighted by atomic mass is 16.2. The molecule has 36 heavy (non-hydrogen) atoms. The molecule has 1 aromatic heterocycles. The average Bonchev–Trinajstić information content (AvgIpc) is 3.56. The van der Waals surface area contributed by atoms with Crippen LogP contribution in [0.5, 0.6) is 0 Å². The molecular weight excluding hydrogens is 454 g/mol. The van der Waals surface area contributed by atoms with E-state index in [4.69, 9.17) is 5.73 Å². The molecular formula is C27H33N7O2. The van der Waals surface area contributed by atoms with Crippen molar-refractivity contribution in [3.05, 3.63) is 65.7 Å². The van der Waals surface area contributed by atoms with Crippen molar-refractivity contribution >= 4 is 28.9 Å². The lowest BCUT2D eigenvalue weighted by Crippen LogP contribution is -2.36. The Morgan fingerprint density at radius 3 is 2.81 bits per heavy atom. The van der Waals surface area contributed by atoms with Crippen LogP contribution in [0.3, 0.4) is 0 Å². The Morgan fingerprint density at radius 2 is 2.03 bits per heavy atom. The van der Waals surface area contributed by atoms with E-state index >= 15 is 0 Å². The van der Waals surface area contributed by atoms with Crippen LogP contribution in [0.4, 0.5) is 17.1 Å². The Labute approximate surface area is 211 Å². The van der Waals surface area contributed by atoms with E-state index in [-0.39, 0.29) is 24.2 Å². The molecule has 0 bridgehead atoms. The van der Waals surface area contributed by atoms with Gasteiger partial charge in [0.2, 0.25) is 11.8 Å². The molecule has 2 aromatic carbocycles. The van der Waals surface area contributed by atoms with Crippen molar-refractivity contribution in [2.75, 3.05) is 35.7 Å². The summed E-state index contributed by atoms with van der Waals surface area (Å²) >= 11 is 0. The fourth-order valence-electron chi connectivity index (χ4n) is 5.24. The summed E-state index contributed by atoms with van der Waals surface area (Å²) in [4.78, 5) is 31.9. The fourth-order valence-corrected chi connectivity index (χ4v) is 5.24. The third-order valence-electron chi connectivity index (χ3n) is 7.03. The van der Waals surface area contributed by atoms with Crippen molar-refractivity contribution < 1.29 is 9.59 Å². The minimum Gasteiger partial charge on any atom is -0.399 e. The number of carbonyl (C=O) groups excluding carboxylic acids is 2. The van der Waals surface area contributed by atoms with Gasteiger partial charge in [0.1, 0.15) is 12.2 Å². The molecule has 3 heterocycles. The minimum absolute atomic E-state index is 0.0198. The van der Waals surface area contributed by atoms with Gasteiger partial charge in [-0.3, -0.25) is 14.5 Å². The van der Waals surface area contributed by atoms with Crippen LogP contribution in [0.25, 0.3) is 0 Å². The first-order valence-corrected chi connectivity index (χ1v) is 12.5. The van der Waals surface area contributed by atoms with Crippen LogP contribution in [-0.4, -0.2) is 51.6 Å². The Hall–Kier alpha value is -3.72. The molecule has 1 atom stereocenters. The quantitative estimate of drug-likeness (QED) is 0.514. The first-order valence-electron chi connectivity index (χ1n) is 12.5. The van der Waals surface area contributed by atoms with E-state index in [0.717, 1.165) is 30.2 Å². The zero-order valence-corrected chi connectivity index (χ0v) is 21.1. The summed E-state index contributed by atoms with van der Waals surface area (Å²) in [5, 5.41) is 8.33. The maximum atomic E-state index is 13.4. The number of amides is 2. The molecule has 0 aliphatic carbocycles. The van der Waals surface area contributed by atoms with Crippen molar-refractivity contribution in [1.29, 1.82) is 0 Å². The van der Waals surface area contributed by atoms with Crippen LogP contribution in [0.2, 0.25) is 0 Å². The van der Waals surface area contributed by atoms with Gasteiger partial charge in [-0.1, -0.05) is 18.2 Å². The molecule has 2 N–H and O–H groups in total. The maximum absolute atomic E-state index is 13.4. The number of nitrogen functional groups attached to an aromatic ring is 1. The minimum atomic E-state index is -0.353. The largest absolute Gasteiger partial charge is 0.399 e. The van der Waals surface area contributed by atoms with E-state index in [9.17, 15) is 9.59 Å². The molecule has 2 aliphatic heterocycles. The van der Waals surface area contributed by atoms with Gasteiger partial charge in [0.05, 0.1) is 12.5 Å². The van der Waals surface area contributed by atoms with E-state index in [2.05, 4.69) is 52.7 Å². The second kappa shape index (κ2) is 9.73. The topological polar surface area (TPSA) is 101 Å². The molecule has 1 fully saturated rings. The summed E-state index contributed by atoms with van der Waals surface area (Å²) in [6, 6.07) is 13.9. The lowest BCUT2D eigenvalue weighted by molar-refractivity contribution is -0.124. The van der Waals surface area contributed by atoms with Crippen molar-refractivity contribution in [1.82, 2.24) is 19.7 Å². The van der Waals surface area contributed by atoms with Gasteiger partial charge in [-0.15, -0.1) is 10.2 Å². The summed E-state index contributed by atoms with van der Waals surface area (Å²) in [6.07, 6.45) is 2.82. The van der Waals surface area contributed by atoms with Crippen LogP contribution in [-0.2, 0) is 29.1 Å². The van der Waals surface area contributed by atoms with Gasteiger partial charge in [-0.2, -0.15) is 0 Å². The van der Waals surface area contributed by atoms with Gasteiger partial charge in [0.15, 0.2) is 0 Å². The van der Waals surface area contributed by atoms with Crippen molar-refractivity contribution in [2.45, 2.75) is 45.8 Å². The lowest BCUT2D eigenvalue weighted by Gasteiger charge is -2.22. The van der Waals surface area contributed by atoms with Gasteiger partial charge in [0, 0.05) is 49.2 Å². The highest BCUT2D eigenvalue weighted by molar-refractivity contribution is 6.05. The molecule has 0 radical (unpaired) electrons. The molecule has 0 saturated carbocycles. The fraction of sp³-hybridized carbons (Fsp3) is 0.407. The number of carbonyl (C=O) groups is 2. The molecule has 9 nitrogen and oxygen atoms in total. The average molecular weight is 488 g/mol. The first kappa shape index (κ1) is 24.0. The van der Waals surface area contributed by atoms with Crippen molar-refractivity contribution in [3.63, 3.8) is 0 Å². The Balaban J connectivity index is 1.24. The van der Waals surface area contributed by atoms with Gasteiger partial charge >= 0.3 is 0 Å². The number of nitrogens with zero attached hydrogens (tertiary/aromatic N) is 6. The molecule has 0 spiro atoms. The standard InChI is InChI=1S/C27H33N7O2/c1-18(2)34-17-29-30-25(34)16-31(3)14-19-7-8-24-20(11-19)9-10-32(24)27(36)21-12-26(35)33(15-21)23-6-4-5-22(28)13-23/h4-8,11,13,17-18,21H,9-10,12,14-16,28H2,1-3H3. The maximum Gasteiger partial charge on any atom is 0.232 e. The highest BCUT2D eigenvalue weighted by Gasteiger charge is 2.39. The Kier molecular flexibility index (Phi) is 6.49. The summed E-state index contributed by atoms with van der Waals surface area (Å²) in [5.41, 5.74) is 10.6. The number of nitrogens with two attached hydrogens (primary N) is 1. The van der Waals surface area contributed by atoms with E-state index in [1.54, 1.807) is 23.4 Å². The third-order valence-corrected chi connectivity index (χ3v) is 7.03. The molecule has 5 rings (SSSR count). The molecule has 1 unspecified atom stereocenters. The van der Waals surface area contributed by atoms with Gasteiger partial charge < -0.3 is 20.1 Å². The molecule has 188 valence electrons. The van der Waals surface area contributed by atoms with Crippen molar-refractivity contribution in [2.24, 2.45) is 5.92 Å². The summed E-state index contributed by atoms with van der Waals surface area (Å²) in [5.74, 6) is 0.578. The number of fused-ring (bicyclic) bond motifs is 1. The summed E-state index contributed by atoms with van der Waals surface area (Å²) in [7, 11) is 2.08. The zero-order valence-electron chi connectivity index (χ0n) is 21.1. The highest BCUT2D eigenvalue weighted by Crippen LogP contribution is 2.33. The number of hydrogen-bond donors (Lipinski definition) is 1. The van der Waals surface area contributed by atoms with Crippen LogP contribution >= 0.6 is 0 Å². The number of hydrogen-bond acceptors (Lipinski definition) is 6. The van der Waals surface area contributed by atoms with Crippen LogP contribution in [0.1, 0.15) is 43.3 Å². The van der Waals surface area contributed by atoms with E-state index in [0.29, 0.717) is 31.4 Å². The van der Waals surface area contributed by atoms with Crippen LogP contribution in [0, 0.1) is 5.92 Å². The molecule has 2 aliphatic rings. The Bertz CT molecular complexity index is 1280. The van der Waals surface area contributed by atoms with E-state index in [1.807, 2.05) is 23.1 Å². The number of aromatic nitrogens is 3. The van der Waals surface area contributed by atoms with Crippen LogP contribution < -0.4 is 15.5 Å². The summed E-state index contributed by atoms with van der Waals surface area (Å²) in [6.45, 7) is 6.76. The first-order chi connectivity index (χ1) is 17.3. The Morgan fingerprint density at radius 1 is 1.19 bits per heavy atom. The number of benzene rings is 2. The lowest BCUT2D eigenvalue weighted by atomic mass is 10.1. The van der Waals surface area contributed by atoms with Gasteiger partial charge in [-0.25, -0.2) is 0 Å². The molecule has 1 saturated heterocycles. The molecule has 9 heteroatoms. The van der Waals surface area contributed by atoms with E-state index < -0.39 is 0 Å². The third kappa shape index (κ3) is 4.70. The predicted molar refractivity (Wildman–Crippen MR) is 139 cm³/mol. The van der Waals surface area contributed by atoms with Gasteiger partial charge in [0.25, 0.3) is 0 Å². The SMILES string of the molecule is CC(C)n1cnnc1CN(C)Cc1ccc2c(c1)CCN2C(=O)C1CC(=O)N(c2cccc(N)c2)C1. The molecule has 3 aromatic rings. The monoisotopic (exact) mass is 487 g/mol.